The Labute approximate surface area is 142 Å². The van der Waals surface area contributed by atoms with E-state index in [1.54, 1.807) is 24.3 Å². The van der Waals surface area contributed by atoms with Crippen LogP contribution in [-0.4, -0.2) is 20.9 Å². The zero-order valence-electron chi connectivity index (χ0n) is 13.2. The predicted octanol–water partition coefficient (Wildman–Crippen LogP) is 2.58. The fraction of sp³-hybridized carbons (Fsp3) is 0.0526. The number of hydrogen-bond acceptors (Lipinski definition) is 4. The van der Waals surface area contributed by atoms with Crippen LogP contribution in [0.4, 0.5) is 5.69 Å². The van der Waals surface area contributed by atoms with Gasteiger partial charge < -0.3 is 5.32 Å². The number of nitrogens with zero attached hydrogens (tertiary/aromatic N) is 3. The maximum atomic E-state index is 12.4. The number of aromatic nitrogens is 3. The molecule has 6 heteroatoms. The van der Waals surface area contributed by atoms with Gasteiger partial charge in [0, 0.05) is 5.69 Å². The monoisotopic (exact) mass is 330 g/mol. The molecule has 0 unspecified atom stereocenters. The van der Waals surface area contributed by atoms with Crippen molar-refractivity contribution < 1.29 is 4.79 Å². The SMILES string of the molecule is O=C(Cn1nnc2ccccc2c1=O)Nc1ccc2ccccc2c1. The van der Waals surface area contributed by atoms with E-state index >= 15 is 0 Å². The first-order valence-electron chi connectivity index (χ1n) is 7.82. The molecule has 3 aromatic carbocycles. The molecule has 0 saturated heterocycles. The van der Waals surface area contributed by atoms with Crippen LogP contribution in [0.2, 0.25) is 0 Å². The van der Waals surface area contributed by atoms with Gasteiger partial charge in [-0.3, -0.25) is 9.59 Å². The molecule has 1 heterocycles. The van der Waals surface area contributed by atoms with E-state index in [9.17, 15) is 9.59 Å². The van der Waals surface area contributed by atoms with Crippen LogP contribution < -0.4 is 10.9 Å². The maximum Gasteiger partial charge on any atom is 0.278 e. The van der Waals surface area contributed by atoms with Crippen LogP contribution in [0.1, 0.15) is 0 Å². The van der Waals surface area contributed by atoms with Crippen molar-refractivity contribution in [3.63, 3.8) is 0 Å². The first kappa shape index (κ1) is 15.0. The zero-order valence-corrected chi connectivity index (χ0v) is 13.2. The van der Waals surface area contributed by atoms with E-state index in [4.69, 9.17) is 0 Å². The smallest absolute Gasteiger partial charge is 0.278 e. The summed E-state index contributed by atoms with van der Waals surface area (Å²) >= 11 is 0. The third kappa shape index (κ3) is 2.97. The maximum absolute atomic E-state index is 12.4. The van der Waals surface area contributed by atoms with Crippen molar-refractivity contribution in [1.82, 2.24) is 15.0 Å². The lowest BCUT2D eigenvalue weighted by Gasteiger charge is -2.08. The van der Waals surface area contributed by atoms with Crippen LogP contribution in [0.3, 0.4) is 0 Å². The fourth-order valence-corrected chi connectivity index (χ4v) is 2.73. The number of carbonyl (C=O) groups is 1. The van der Waals surface area contributed by atoms with E-state index in [1.807, 2.05) is 42.5 Å². The molecule has 0 aliphatic carbocycles. The number of fused-ring (bicyclic) bond motifs is 2. The molecule has 6 nitrogen and oxygen atoms in total. The number of nitrogens with one attached hydrogen (secondary N) is 1. The first-order valence-corrected chi connectivity index (χ1v) is 7.82. The Bertz CT molecular complexity index is 1150. The molecule has 4 aromatic rings. The second kappa shape index (κ2) is 6.16. The molecule has 1 amide bonds. The lowest BCUT2D eigenvalue weighted by atomic mass is 10.1. The Kier molecular flexibility index (Phi) is 3.70. The molecular weight excluding hydrogens is 316 g/mol. The Morgan fingerprint density at radius 3 is 2.60 bits per heavy atom. The van der Waals surface area contributed by atoms with E-state index in [0.717, 1.165) is 15.5 Å². The Hall–Kier alpha value is -3.54. The highest BCUT2D eigenvalue weighted by Crippen LogP contribution is 2.18. The van der Waals surface area contributed by atoms with E-state index < -0.39 is 0 Å². The van der Waals surface area contributed by atoms with Crippen molar-refractivity contribution in [3.8, 4) is 0 Å². The van der Waals surface area contributed by atoms with Crippen LogP contribution >= 0.6 is 0 Å². The molecule has 1 N–H and O–H groups in total. The van der Waals surface area contributed by atoms with Crippen LogP contribution in [0, 0.1) is 0 Å². The van der Waals surface area contributed by atoms with Gasteiger partial charge in [-0.25, -0.2) is 4.68 Å². The quantitative estimate of drug-likeness (QED) is 0.626. The summed E-state index contributed by atoms with van der Waals surface area (Å²) in [4.78, 5) is 24.6. The number of amides is 1. The molecule has 0 fully saturated rings. The van der Waals surface area contributed by atoms with Gasteiger partial charge in [-0.2, -0.15) is 0 Å². The first-order chi connectivity index (χ1) is 12.2. The second-order valence-corrected chi connectivity index (χ2v) is 5.68. The molecule has 0 aliphatic heterocycles. The molecular formula is C19H14N4O2. The Morgan fingerprint density at radius 2 is 1.72 bits per heavy atom. The van der Waals surface area contributed by atoms with E-state index in [-0.39, 0.29) is 18.0 Å². The Morgan fingerprint density at radius 1 is 0.960 bits per heavy atom. The summed E-state index contributed by atoms with van der Waals surface area (Å²) in [5.74, 6) is -0.332. The predicted molar refractivity (Wildman–Crippen MR) is 96.4 cm³/mol. The van der Waals surface area contributed by atoms with Crippen molar-refractivity contribution in [1.29, 1.82) is 0 Å². The number of rotatable bonds is 3. The van der Waals surface area contributed by atoms with Crippen molar-refractivity contribution in [2.24, 2.45) is 0 Å². The third-order valence-electron chi connectivity index (χ3n) is 3.96. The van der Waals surface area contributed by atoms with Gasteiger partial charge >= 0.3 is 0 Å². The van der Waals surface area contributed by atoms with Gasteiger partial charge in [0.1, 0.15) is 12.1 Å². The summed E-state index contributed by atoms with van der Waals surface area (Å²) in [6.45, 7) is -0.191. The van der Waals surface area contributed by atoms with E-state index in [1.165, 1.54) is 0 Å². The highest BCUT2D eigenvalue weighted by atomic mass is 16.2. The van der Waals surface area contributed by atoms with Crippen LogP contribution in [0.25, 0.3) is 21.7 Å². The largest absolute Gasteiger partial charge is 0.324 e. The van der Waals surface area contributed by atoms with Crippen LogP contribution in [-0.2, 0) is 11.3 Å². The van der Waals surface area contributed by atoms with Gasteiger partial charge in [-0.05, 0) is 35.0 Å². The van der Waals surface area contributed by atoms with Crippen LogP contribution in [0.15, 0.2) is 71.5 Å². The minimum absolute atomic E-state index is 0.191. The van der Waals surface area contributed by atoms with E-state index in [2.05, 4.69) is 15.6 Å². The van der Waals surface area contributed by atoms with Crippen molar-refractivity contribution >= 4 is 33.3 Å². The summed E-state index contributed by atoms with van der Waals surface area (Å²) in [6, 6.07) is 20.5. The van der Waals surface area contributed by atoms with E-state index in [0.29, 0.717) is 16.6 Å². The minimum Gasteiger partial charge on any atom is -0.324 e. The molecule has 122 valence electrons. The van der Waals surface area contributed by atoms with Gasteiger partial charge in [0.15, 0.2) is 0 Å². The fourth-order valence-electron chi connectivity index (χ4n) is 2.73. The third-order valence-corrected chi connectivity index (χ3v) is 3.96. The average molecular weight is 330 g/mol. The normalized spacial score (nSPS) is 10.9. The van der Waals surface area contributed by atoms with Crippen molar-refractivity contribution in [2.75, 3.05) is 5.32 Å². The van der Waals surface area contributed by atoms with Gasteiger partial charge in [-0.1, -0.05) is 47.7 Å². The number of hydrogen-bond donors (Lipinski definition) is 1. The number of anilines is 1. The summed E-state index contributed by atoms with van der Waals surface area (Å²) in [5, 5.41) is 13.2. The van der Waals surface area contributed by atoms with Crippen molar-refractivity contribution in [3.05, 3.63) is 77.1 Å². The Balaban J connectivity index is 1.57. The minimum atomic E-state index is -0.334. The second-order valence-electron chi connectivity index (χ2n) is 5.68. The van der Waals surface area contributed by atoms with Crippen LogP contribution in [0.5, 0.6) is 0 Å². The highest BCUT2D eigenvalue weighted by Gasteiger charge is 2.10. The summed E-state index contributed by atoms with van der Waals surface area (Å²) in [5.41, 5.74) is 0.850. The zero-order chi connectivity index (χ0) is 17.2. The molecule has 4 rings (SSSR count). The van der Waals surface area contributed by atoms with Crippen molar-refractivity contribution in [2.45, 2.75) is 6.54 Å². The number of carbonyl (C=O) groups excluding carboxylic acids is 1. The summed E-state index contributed by atoms with van der Waals surface area (Å²) in [7, 11) is 0. The lowest BCUT2D eigenvalue weighted by molar-refractivity contribution is -0.117. The molecule has 25 heavy (non-hydrogen) atoms. The summed E-state index contributed by atoms with van der Waals surface area (Å²) < 4.78 is 1.07. The van der Waals surface area contributed by atoms with Gasteiger partial charge in [0.2, 0.25) is 5.91 Å². The molecule has 0 radical (unpaired) electrons. The molecule has 0 aliphatic rings. The topological polar surface area (TPSA) is 76.9 Å². The van der Waals surface area contributed by atoms with Gasteiger partial charge in [0.05, 0.1) is 5.39 Å². The molecule has 0 bridgehead atoms. The molecule has 0 saturated carbocycles. The molecule has 0 atom stereocenters. The molecule has 1 aromatic heterocycles. The standard InChI is InChI=1S/C19H14N4O2/c24-18(20-15-10-9-13-5-1-2-6-14(13)11-15)12-23-19(25)16-7-3-4-8-17(16)21-22-23/h1-11H,12H2,(H,20,24). The average Bonchev–Trinajstić information content (AvgIpc) is 2.64. The molecule has 0 spiro atoms. The van der Waals surface area contributed by atoms with Gasteiger partial charge in [0.25, 0.3) is 5.56 Å². The van der Waals surface area contributed by atoms with Gasteiger partial charge in [-0.15, -0.1) is 5.10 Å². The highest BCUT2D eigenvalue weighted by molar-refractivity contribution is 5.94. The number of benzene rings is 3. The lowest BCUT2D eigenvalue weighted by Crippen LogP contribution is -2.30. The summed E-state index contributed by atoms with van der Waals surface area (Å²) in [6.07, 6.45) is 0.